The lowest BCUT2D eigenvalue weighted by molar-refractivity contribution is -0.124. The van der Waals surface area contributed by atoms with Crippen molar-refractivity contribution in [1.82, 2.24) is 5.32 Å². The van der Waals surface area contributed by atoms with Gasteiger partial charge in [-0.2, -0.15) is 0 Å². The summed E-state index contributed by atoms with van der Waals surface area (Å²) >= 11 is 0. The third kappa shape index (κ3) is 3.44. The van der Waals surface area contributed by atoms with E-state index in [2.05, 4.69) is 5.32 Å². The van der Waals surface area contributed by atoms with Crippen LogP contribution in [0.1, 0.15) is 36.0 Å². The maximum absolute atomic E-state index is 12.1. The maximum atomic E-state index is 12.1. The fourth-order valence-corrected chi connectivity index (χ4v) is 2.58. The normalized spacial score (nSPS) is 20.2. The zero-order chi connectivity index (χ0) is 14.5. The summed E-state index contributed by atoms with van der Waals surface area (Å²) in [5, 5.41) is 2.66. The molecular weight excluding hydrogens is 256 g/mol. The first-order chi connectivity index (χ1) is 9.58. The van der Waals surface area contributed by atoms with Crippen molar-refractivity contribution >= 4 is 17.6 Å². The van der Waals surface area contributed by atoms with E-state index >= 15 is 0 Å². The van der Waals surface area contributed by atoms with Gasteiger partial charge >= 0.3 is 0 Å². The summed E-state index contributed by atoms with van der Waals surface area (Å²) in [5.41, 5.74) is 5.85. The third-order valence-corrected chi connectivity index (χ3v) is 3.62. The van der Waals surface area contributed by atoms with Gasteiger partial charge < -0.3 is 11.1 Å². The van der Waals surface area contributed by atoms with Crippen molar-refractivity contribution in [2.24, 2.45) is 11.7 Å². The molecule has 0 aromatic heterocycles. The van der Waals surface area contributed by atoms with Crippen LogP contribution < -0.4 is 11.1 Å². The summed E-state index contributed by atoms with van der Waals surface area (Å²) < 4.78 is 0. The Morgan fingerprint density at radius 3 is 2.55 bits per heavy atom. The highest BCUT2D eigenvalue weighted by molar-refractivity contribution is 5.97. The number of hydrogen-bond acceptors (Lipinski definition) is 3. The zero-order valence-corrected chi connectivity index (χ0v) is 11.2. The van der Waals surface area contributed by atoms with Crippen LogP contribution >= 0.6 is 0 Å². The monoisotopic (exact) mass is 274 g/mol. The van der Waals surface area contributed by atoms with E-state index < -0.39 is 11.9 Å². The molecule has 0 spiro atoms. The summed E-state index contributed by atoms with van der Waals surface area (Å²) in [6, 6.07) is 7.85. The molecule has 0 heterocycles. The number of benzene rings is 1. The van der Waals surface area contributed by atoms with Crippen LogP contribution in [0.3, 0.4) is 0 Å². The van der Waals surface area contributed by atoms with Gasteiger partial charge in [0, 0.05) is 18.4 Å². The number of amides is 2. The molecule has 1 saturated carbocycles. The molecule has 1 aromatic rings. The second-order valence-corrected chi connectivity index (χ2v) is 5.11. The van der Waals surface area contributed by atoms with Gasteiger partial charge in [0.05, 0.1) is 0 Å². The Balaban J connectivity index is 2.08. The Hall–Kier alpha value is -2.17. The number of rotatable bonds is 4. The largest absolute Gasteiger partial charge is 0.368 e. The van der Waals surface area contributed by atoms with E-state index in [1.54, 1.807) is 24.3 Å². The second-order valence-electron chi connectivity index (χ2n) is 5.11. The van der Waals surface area contributed by atoms with Crippen molar-refractivity contribution in [2.75, 3.05) is 0 Å². The van der Waals surface area contributed by atoms with Gasteiger partial charge in [0.15, 0.2) is 0 Å². The molecule has 1 fully saturated rings. The van der Waals surface area contributed by atoms with Crippen LogP contribution in [-0.4, -0.2) is 23.6 Å². The molecule has 2 rings (SSSR count). The smallest absolute Gasteiger partial charge is 0.251 e. The van der Waals surface area contributed by atoms with Crippen LogP contribution in [-0.2, 0) is 9.59 Å². The average molecular weight is 274 g/mol. The molecular formula is C15H18N2O3. The standard InChI is InChI=1S/C15H18N2O3/c16-14(19)13(11-7-4-8-12(18)9-11)17-15(20)10-5-2-1-3-6-10/h1-3,5-6,11,13H,4,7-9H2,(H2,16,19)(H,17,20)/t11-,13-/m0/s1. The molecule has 0 aliphatic heterocycles. The lowest BCUT2D eigenvalue weighted by Crippen LogP contribution is -2.50. The molecule has 0 radical (unpaired) electrons. The fraction of sp³-hybridized carbons (Fsp3) is 0.400. The van der Waals surface area contributed by atoms with Crippen LogP contribution in [0.4, 0.5) is 0 Å². The summed E-state index contributed by atoms with van der Waals surface area (Å²) in [4.78, 5) is 35.1. The number of primary amides is 1. The highest BCUT2D eigenvalue weighted by Crippen LogP contribution is 2.24. The number of nitrogens with one attached hydrogen (secondary N) is 1. The number of carbonyl (C=O) groups excluding carboxylic acids is 3. The van der Waals surface area contributed by atoms with E-state index in [1.165, 1.54) is 0 Å². The Labute approximate surface area is 117 Å². The molecule has 0 saturated heterocycles. The molecule has 1 aliphatic rings. The zero-order valence-electron chi connectivity index (χ0n) is 11.2. The summed E-state index contributed by atoms with van der Waals surface area (Å²) in [7, 11) is 0. The van der Waals surface area contributed by atoms with E-state index in [0.717, 1.165) is 12.8 Å². The Kier molecular flexibility index (Phi) is 4.50. The van der Waals surface area contributed by atoms with Gasteiger partial charge in [-0.05, 0) is 30.9 Å². The number of ketones is 1. The molecule has 106 valence electrons. The number of nitrogens with two attached hydrogens (primary N) is 1. The van der Waals surface area contributed by atoms with Crippen LogP contribution in [0.15, 0.2) is 30.3 Å². The summed E-state index contributed by atoms with van der Waals surface area (Å²) in [5.74, 6) is -0.996. The van der Waals surface area contributed by atoms with Crippen molar-refractivity contribution in [3.8, 4) is 0 Å². The molecule has 0 bridgehead atoms. The highest BCUT2D eigenvalue weighted by Gasteiger charge is 2.32. The van der Waals surface area contributed by atoms with Crippen molar-refractivity contribution < 1.29 is 14.4 Å². The molecule has 2 amide bonds. The lowest BCUT2D eigenvalue weighted by Gasteiger charge is -2.28. The fourth-order valence-electron chi connectivity index (χ4n) is 2.58. The predicted molar refractivity (Wildman–Crippen MR) is 73.9 cm³/mol. The van der Waals surface area contributed by atoms with Crippen LogP contribution in [0.2, 0.25) is 0 Å². The SMILES string of the molecule is NC(=O)[C@@H](NC(=O)c1ccccc1)[C@H]1CCCC(=O)C1. The first-order valence-corrected chi connectivity index (χ1v) is 6.75. The van der Waals surface area contributed by atoms with E-state index in [9.17, 15) is 14.4 Å². The van der Waals surface area contributed by atoms with Crippen molar-refractivity contribution in [1.29, 1.82) is 0 Å². The van der Waals surface area contributed by atoms with Crippen molar-refractivity contribution in [3.63, 3.8) is 0 Å². The quantitative estimate of drug-likeness (QED) is 0.859. The van der Waals surface area contributed by atoms with Gasteiger partial charge in [0.25, 0.3) is 5.91 Å². The number of carbonyl (C=O) groups is 3. The first kappa shape index (κ1) is 14.2. The topological polar surface area (TPSA) is 89.3 Å². The summed E-state index contributed by atoms with van der Waals surface area (Å²) in [6.07, 6.45) is 2.33. The van der Waals surface area contributed by atoms with Gasteiger partial charge in [-0.3, -0.25) is 14.4 Å². The second kappa shape index (κ2) is 6.32. The number of hydrogen-bond donors (Lipinski definition) is 2. The average Bonchev–Trinajstić information content (AvgIpc) is 2.45. The van der Waals surface area contributed by atoms with Crippen LogP contribution in [0.25, 0.3) is 0 Å². The lowest BCUT2D eigenvalue weighted by atomic mass is 9.82. The number of Topliss-reactive ketones (excluding diaryl/α,β-unsaturated/α-hetero) is 1. The van der Waals surface area contributed by atoms with Crippen LogP contribution in [0.5, 0.6) is 0 Å². The Bertz CT molecular complexity index is 513. The van der Waals surface area contributed by atoms with Gasteiger partial charge in [0.2, 0.25) is 5.91 Å². The predicted octanol–water partition coefficient (Wildman–Crippen LogP) is 1.03. The minimum absolute atomic E-state index is 0.126. The van der Waals surface area contributed by atoms with E-state index in [4.69, 9.17) is 5.73 Å². The van der Waals surface area contributed by atoms with Crippen molar-refractivity contribution in [2.45, 2.75) is 31.7 Å². The van der Waals surface area contributed by atoms with E-state index in [0.29, 0.717) is 18.4 Å². The minimum Gasteiger partial charge on any atom is -0.368 e. The first-order valence-electron chi connectivity index (χ1n) is 6.75. The maximum Gasteiger partial charge on any atom is 0.251 e. The third-order valence-electron chi connectivity index (χ3n) is 3.62. The molecule has 1 aliphatic carbocycles. The Morgan fingerprint density at radius 1 is 1.25 bits per heavy atom. The van der Waals surface area contributed by atoms with Crippen molar-refractivity contribution in [3.05, 3.63) is 35.9 Å². The molecule has 2 atom stereocenters. The molecule has 0 unspecified atom stereocenters. The molecule has 1 aromatic carbocycles. The van der Waals surface area contributed by atoms with Gasteiger partial charge in [-0.1, -0.05) is 18.2 Å². The highest BCUT2D eigenvalue weighted by atomic mass is 16.2. The molecule has 20 heavy (non-hydrogen) atoms. The van der Waals surface area contributed by atoms with Gasteiger partial charge in [0.1, 0.15) is 11.8 Å². The molecule has 3 N–H and O–H groups in total. The molecule has 5 heteroatoms. The summed E-state index contributed by atoms with van der Waals surface area (Å²) in [6.45, 7) is 0. The van der Waals surface area contributed by atoms with Gasteiger partial charge in [-0.15, -0.1) is 0 Å². The van der Waals surface area contributed by atoms with Gasteiger partial charge in [-0.25, -0.2) is 0 Å². The minimum atomic E-state index is -0.785. The molecule has 5 nitrogen and oxygen atoms in total. The van der Waals surface area contributed by atoms with E-state index in [1.807, 2.05) is 6.07 Å². The Morgan fingerprint density at radius 2 is 1.95 bits per heavy atom. The van der Waals surface area contributed by atoms with Crippen LogP contribution in [0, 0.1) is 5.92 Å². The van der Waals surface area contributed by atoms with E-state index in [-0.39, 0.29) is 17.6 Å².